The van der Waals surface area contributed by atoms with E-state index in [1.165, 1.54) is 11.3 Å². The van der Waals surface area contributed by atoms with Crippen LogP contribution >= 0.6 is 34.5 Å². The fourth-order valence-electron chi connectivity index (χ4n) is 1.74. The highest BCUT2D eigenvalue weighted by molar-refractivity contribution is 7.15. The number of halogens is 2. The van der Waals surface area contributed by atoms with E-state index < -0.39 is 0 Å². The molecule has 4 nitrogen and oxygen atoms in total. The van der Waals surface area contributed by atoms with E-state index in [0.29, 0.717) is 33.9 Å². The molecule has 0 unspecified atom stereocenters. The molecule has 112 valence electrons. The van der Waals surface area contributed by atoms with E-state index in [-0.39, 0.29) is 5.91 Å². The van der Waals surface area contributed by atoms with Crippen molar-refractivity contribution in [3.8, 4) is 0 Å². The molecule has 2 rings (SSSR count). The summed E-state index contributed by atoms with van der Waals surface area (Å²) in [6, 6.07) is 5.46. The Morgan fingerprint density at radius 1 is 1.29 bits per heavy atom. The van der Waals surface area contributed by atoms with Crippen molar-refractivity contribution in [1.29, 1.82) is 0 Å². The number of anilines is 1. The van der Waals surface area contributed by atoms with Gasteiger partial charge in [0.05, 0.1) is 10.0 Å². The highest BCUT2D eigenvalue weighted by Gasteiger charge is 2.10. The number of carbonyl (C=O) groups is 1. The average Bonchev–Trinajstić information content (AvgIpc) is 2.80. The molecule has 1 aromatic heterocycles. The quantitative estimate of drug-likeness (QED) is 0.873. The van der Waals surface area contributed by atoms with Gasteiger partial charge in [0.2, 0.25) is 11.0 Å². The van der Waals surface area contributed by atoms with Crippen LogP contribution in [0.25, 0.3) is 0 Å². The van der Waals surface area contributed by atoms with Crippen LogP contribution in [0.1, 0.15) is 30.8 Å². The second kappa shape index (κ2) is 7.20. The summed E-state index contributed by atoms with van der Waals surface area (Å²) < 4.78 is 0. The van der Waals surface area contributed by atoms with Crippen LogP contribution in [0.5, 0.6) is 0 Å². The molecule has 0 aliphatic carbocycles. The number of amides is 1. The van der Waals surface area contributed by atoms with Crippen molar-refractivity contribution in [3.05, 3.63) is 38.8 Å². The van der Waals surface area contributed by atoms with Crippen LogP contribution in [0.4, 0.5) is 5.13 Å². The lowest BCUT2D eigenvalue weighted by atomic mass is 10.1. The summed E-state index contributed by atoms with van der Waals surface area (Å²) >= 11 is 13.2. The summed E-state index contributed by atoms with van der Waals surface area (Å²) in [6.07, 6.45) is 1.08. The number of nitrogens with one attached hydrogen (secondary N) is 1. The zero-order chi connectivity index (χ0) is 15.4. The van der Waals surface area contributed by atoms with Crippen molar-refractivity contribution >= 4 is 45.6 Å². The summed E-state index contributed by atoms with van der Waals surface area (Å²) in [6.45, 7) is 3.99. The van der Waals surface area contributed by atoms with E-state index in [2.05, 4.69) is 15.5 Å². The van der Waals surface area contributed by atoms with E-state index in [4.69, 9.17) is 23.2 Å². The molecule has 1 heterocycles. The number of hydrogen-bond acceptors (Lipinski definition) is 4. The van der Waals surface area contributed by atoms with Crippen molar-refractivity contribution in [2.45, 2.75) is 26.7 Å². The Bertz CT molecular complexity index is 643. The Morgan fingerprint density at radius 3 is 2.71 bits per heavy atom. The van der Waals surface area contributed by atoms with Gasteiger partial charge in [0, 0.05) is 12.8 Å². The second-order valence-corrected chi connectivity index (χ2v) is 6.95. The molecule has 0 bridgehead atoms. The van der Waals surface area contributed by atoms with E-state index in [1.54, 1.807) is 6.07 Å². The Morgan fingerprint density at radius 2 is 2.05 bits per heavy atom. The van der Waals surface area contributed by atoms with E-state index in [1.807, 2.05) is 26.0 Å². The highest BCUT2D eigenvalue weighted by atomic mass is 35.5. The lowest BCUT2D eigenvalue weighted by Gasteiger charge is -2.03. The fourth-order valence-corrected chi connectivity index (χ4v) is 2.85. The SMILES string of the molecule is CC(C)CC(=O)Nc1nnc(Cc2ccc(Cl)c(Cl)c2)s1. The van der Waals surface area contributed by atoms with Gasteiger partial charge in [-0.2, -0.15) is 0 Å². The van der Waals surface area contributed by atoms with E-state index >= 15 is 0 Å². The van der Waals surface area contributed by atoms with Crippen LogP contribution in [0.15, 0.2) is 18.2 Å². The molecule has 0 aliphatic heterocycles. The van der Waals surface area contributed by atoms with Crippen molar-refractivity contribution < 1.29 is 4.79 Å². The number of nitrogens with zero attached hydrogens (tertiary/aromatic N) is 2. The van der Waals surface area contributed by atoms with Crippen LogP contribution in [0.2, 0.25) is 10.0 Å². The van der Waals surface area contributed by atoms with Gasteiger partial charge in [-0.3, -0.25) is 4.79 Å². The Hall–Kier alpha value is -1.17. The first-order valence-electron chi connectivity index (χ1n) is 6.50. The molecule has 0 fully saturated rings. The van der Waals surface area contributed by atoms with Gasteiger partial charge in [-0.1, -0.05) is 54.5 Å². The Kier molecular flexibility index (Phi) is 5.56. The molecule has 1 aromatic carbocycles. The van der Waals surface area contributed by atoms with Crippen LogP contribution in [0, 0.1) is 5.92 Å². The third-order valence-corrected chi connectivity index (χ3v) is 4.22. The van der Waals surface area contributed by atoms with Crippen molar-refractivity contribution in [2.75, 3.05) is 5.32 Å². The lowest BCUT2D eigenvalue weighted by molar-refractivity contribution is -0.116. The normalized spacial score (nSPS) is 10.9. The third-order valence-electron chi connectivity index (χ3n) is 2.65. The molecule has 0 atom stereocenters. The standard InChI is InChI=1S/C14H15Cl2N3OS/c1-8(2)5-12(20)17-14-19-18-13(21-14)7-9-3-4-10(15)11(16)6-9/h3-4,6,8H,5,7H2,1-2H3,(H,17,19,20). The smallest absolute Gasteiger partial charge is 0.226 e. The maximum atomic E-state index is 11.7. The van der Waals surface area contributed by atoms with Gasteiger partial charge >= 0.3 is 0 Å². The maximum absolute atomic E-state index is 11.7. The molecule has 21 heavy (non-hydrogen) atoms. The monoisotopic (exact) mass is 343 g/mol. The van der Waals surface area contributed by atoms with Gasteiger partial charge in [-0.15, -0.1) is 10.2 Å². The average molecular weight is 344 g/mol. The maximum Gasteiger partial charge on any atom is 0.226 e. The van der Waals surface area contributed by atoms with Crippen molar-refractivity contribution in [3.63, 3.8) is 0 Å². The van der Waals surface area contributed by atoms with Gasteiger partial charge < -0.3 is 5.32 Å². The zero-order valence-electron chi connectivity index (χ0n) is 11.7. The third kappa shape index (κ3) is 4.95. The molecular weight excluding hydrogens is 329 g/mol. The van der Waals surface area contributed by atoms with Gasteiger partial charge in [-0.25, -0.2) is 0 Å². The largest absolute Gasteiger partial charge is 0.301 e. The van der Waals surface area contributed by atoms with Crippen molar-refractivity contribution in [2.24, 2.45) is 5.92 Å². The van der Waals surface area contributed by atoms with Crippen LogP contribution in [0.3, 0.4) is 0 Å². The first-order valence-corrected chi connectivity index (χ1v) is 8.07. The molecule has 2 aromatic rings. The number of benzene rings is 1. The topological polar surface area (TPSA) is 54.9 Å². The van der Waals surface area contributed by atoms with Gasteiger partial charge in [0.15, 0.2) is 0 Å². The summed E-state index contributed by atoms with van der Waals surface area (Å²) in [5.41, 5.74) is 1.00. The fraction of sp³-hybridized carbons (Fsp3) is 0.357. The summed E-state index contributed by atoms with van der Waals surface area (Å²) in [7, 11) is 0. The van der Waals surface area contributed by atoms with Crippen LogP contribution < -0.4 is 5.32 Å². The number of hydrogen-bond donors (Lipinski definition) is 1. The predicted octanol–water partition coefficient (Wildman–Crippen LogP) is 4.42. The van der Waals surface area contributed by atoms with E-state index in [0.717, 1.165) is 10.6 Å². The minimum absolute atomic E-state index is 0.0396. The van der Waals surface area contributed by atoms with Crippen LogP contribution in [-0.4, -0.2) is 16.1 Å². The predicted molar refractivity (Wildman–Crippen MR) is 87.3 cm³/mol. The highest BCUT2D eigenvalue weighted by Crippen LogP contribution is 2.25. The van der Waals surface area contributed by atoms with Gasteiger partial charge in [-0.05, 0) is 23.6 Å². The second-order valence-electron chi connectivity index (χ2n) is 5.07. The summed E-state index contributed by atoms with van der Waals surface area (Å²) in [4.78, 5) is 11.7. The van der Waals surface area contributed by atoms with E-state index in [9.17, 15) is 4.79 Å². The molecule has 0 spiro atoms. The number of rotatable bonds is 5. The molecule has 1 amide bonds. The zero-order valence-corrected chi connectivity index (χ0v) is 14.0. The Labute approximate surface area is 137 Å². The molecule has 0 saturated heterocycles. The minimum atomic E-state index is -0.0396. The lowest BCUT2D eigenvalue weighted by Crippen LogP contribution is -2.13. The van der Waals surface area contributed by atoms with Gasteiger partial charge in [0.25, 0.3) is 0 Å². The summed E-state index contributed by atoms with van der Waals surface area (Å²) in [5, 5.41) is 13.2. The molecule has 0 aliphatic rings. The summed E-state index contributed by atoms with van der Waals surface area (Å²) in [5.74, 6) is 0.274. The molecule has 1 N–H and O–H groups in total. The Balaban J connectivity index is 1.99. The van der Waals surface area contributed by atoms with Crippen LogP contribution in [-0.2, 0) is 11.2 Å². The van der Waals surface area contributed by atoms with Crippen molar-refractivity contribution in [1.82, 2.24) is 10.2 Å². The number of carbonyl (C=O) groups excluding carboxylic acids is 1. The molecule has 7 heteroatoms. The first kappa shape index (κ1) is 16.2. The molecule has 0 saturated carbocycles. The number of aromatic nitrogens is 2. The first-order chi connectivity index (χ1) is 9.94. The molecule has 0 radical (unpaired) electrons. The molecular formula is C14H15Cl2N3OS. The minimum Gasteiger partial charge on any atom is -0.301 e. The van der Waals surface area contributed by atoms with Gasteiger partial charge in [0.1, 0.15) is 5.01 Å².